The Balaban J connectivity index is 1.73. The van der Waals surface area contributed by atoms with Crippen molar-refractivity contribution in [2.45, 2.75) is 107 Å². The van der Waals surface area contributed by atoms with Gasteiger partial charge in [0, 0.05) is 18.6 Å². The largest absolute Gasteiger partial charge is 0.288 e. The second-order valence-corrected chi connectivity index (χ2v) is 9.79. The fourth-order valence-corrected chi connectivity index (χ4v) is 7.69. The van der Waals surface area contributed by atoms with E-state index in [0.717, 1.165) is 24.3 Å². The summed E-state index contributed by atoms with van der Waals surface area (Å²) in [5, 5.41) is 3.58. The van der Waals surface area contributed by atoms with Crippen molar-refractivity contribution in [2.75, 3.05) is 13.1 Å². The highest BCUT2D eigenvalue weighted by Crippen LogP contribution is 2.54. The van der Waals surface area contributed by atoms with E-state index in [1.165, 1.54) is 103 Å². The van der Waals surface area contributed by atoms with Gasteiger partial charge in [0.2, 0.25) is 0 Å². The minimum Gasteiger partial charge on any atom is -0.288 e. The molecule has 4 aliphatic rings. The zero-order valence-corrected chi connectivity index (χ0v) is 16.9. The first kappa shape index (κ1) is 18.6. The maximum atomic E-state index is 6.93. The minimum absolute atomic E-state index is 0.0748. The van der Waals surface area contributed by atoms with Gasteiger partial charge in [-0.2, -0.15) is 0 Å². The SMILES string of the molecule is ClC1NCCN1C(C1CCCCC1)(C1CCCCC1)C1CCCCC1. The fourth-order valence-electron chi connectivity index (χ4n) is 7.32. The lowest BCUT2D eigenvalue weighted by atomic mass is 9.55. The summed E-state index contributed by atoms with van der Waals surface area (Å²) in [6, 6.07) is 0. The molecular weight excluding hydrogens is 328 g/mol. The van der Waals surface area contributed by atoms with E-state index in [2.05, 4.69) is 10.2 Å². The average molecular weight is 367 g/mol. The number of hydrogen-bond donors (Lipinski definition) is 1. The molecule has 0 radical (unpaired) electrons. The van der Waals surface area contributed by atoms with Crippen LogP contribution in [0.15, 0.2) is 0 Å². The number of alkyl halides is 1. The lowest BCUT2D eigenvalue weighted by Gasteiger charge is -2.60. The van der Waals surface area contributed by atoms with E-state index in [1.807, 2.05) is 0 Å². The predicted octanol–water partition coefficient (Wildman–Crippen LogP) is 5.89. The van der Waals surface area contributed by atoms with Gasteiger partial charge in [0.05, 0.1) is 0 Å². The first-order chi connectivity index (χ1) is 12.3. The molecule has 1 heterocycles. The van der Waals surface area contributed by atoms with Crippen LogP contribution in [0.1, 0.15) is 96.3 Å². The molecule has 3 saturated carbocycles. The molecule has 3 aliphatic carbocycles. The van der Waals surface area contributed by atoms with Crippen molar-refractivity contribution in [1.29, 1.82) is 0 Å². The molecule has 25 heavy (non-hydrogen) atoms. The second-order valence-electron chi connectivity index (χ2n) is 9.38. The van der Waals surface area contributed by atoms with Crippen molar-refractivity contribution in [3.8, 4) is 0 Å². The lowest BCUT2D eigenvalue weighted by Crippen LogP contribution is -2.65. The lowest BCUT2D eigenvalue weighted by molar-refractivity contribution is -0.0932. The summed E-state index contributed by atoms with van der Waals surface area (Å²) in [4.78, 5) is 2.82. The zero-order valence-electron chi connectivity index (χ0n) is 16.2. The van der Waals surface area contributed by atoms with Gasteiger partial charge in [0.1, 0.15) is 5.62 Å². The highest BCUT2D eigenvalue weighted by molar-refractivity contribution is 6.20. The van der Waals surface area contributed by atoms with Crippen LogP contribution in [0.3, 0.4) is 0 Å². The Labute approximate surface area is 160 Å². The third-order valence-electron chi connectivity index (χ3n) is 8.21. The van der Waals surface area contributed by atoms with Crippen LogP contribution in [0.4, 0.5) is 0 Å². The van der Waals surface area contributed by atoms with Gasteiger partial charge in [-0.1, -0.05) is 69.4 Å². The average Bonchev–Trinajstić information content (AvgIpc) is 3.12. The number of nitrogens with zero attached hydrogens (tertiary/aromatic N) is 1. The summed E-state index contributed by atoms with van der Waals surface area (Å²) in [6.45, 7) is 2.26. The Morgan fingerprint density at radius 3 is 1.36 bits per heavy atom. The smallest absolute Gasteiger partial charge is 0.138 e. The van der Waals surface area contributed by atoms with E-state index in [-0.39, 0.29) is 5.62 Å². The van der Waals surface area contributed by atoms with Gasteiger partial charge in [-0.05, 0) is 56.3 Å². The van der Waals surface area contributed by atoms with Crippen LogP contribution in [0.2, 0.25) is 0 Å². The predicted molar refractivity (Wildman–Crippen MR) is 107 cm³/mol. The van der Waals surface area contributed by atoms with Gasteiger partial charge in [-0.15, -0.1) is 0 Å². The molecule has 0 aromatic carbocycles. The van der Waals surface area contributed by atoms with Gasteiger partial charge in [-0.25, -0.2) is 0 Å². The van der Waals surface area contributed by atoms with Gasteiger partial charge in [-0.3, -0.25) is 10.2 Å². The molecule has 0 amide bonds. The normalized spacial score (nSPS) is 32.3. The van der Waals surface area contributed by atoms with Crippen LogP contribution in [0, 0.1) is 17.8 Å². The molecule has 144 valence electrons. The molecular formula is C22H39ClN2. The monoisotopic (exact) mass is 366 g/mol. The van der Waals surface area contributed by atoms with Crippen molar-refractivity contribution in [1.82, 2.24) is 10.2 Å². The van der Waals surface area contributed by atoms with E-state index in [4.69, 9.17) is 11.6 Å². The van der Waals surface area contributed by atoms with Gasteiger partial charge in [0.15, 0.2) is 0 Å². The Morgan fingerprint density at radius 2 is 1.04 bits per heavy atom. The molecule has 1 atom stereocenters. The van der Waals surface area contributed by atoms with Crippen molar-refractivity contribution in [2.24, 2.45) is 17.8 Å². The van der Waals surface area contributed by atoms with E-state index in [0.29, 0.717) is 5.54 Å². The molecule has 0 bridgehead atoms. The molecule has 1 N–H and O–H groups in total. The number of halogens is 1. The number of nitrogens with one attached hydrogen (secondary N) is 1. The van der Waals surface area contributed by atoms with Crippen molar-refractivity contribution < 1.29 is 0 Å². The highest BCUT2D eigenvalue weighted by Gasteiger charge is 2.56. The van der Waals surface area contributed by atoms with Crippen LogP contribution >= 0.6 is 11.6 Å². The van der Waals surface area contributed by atoms with E-state index in [1.54, 1.807) is 0 Å². The van der Waals surface area contributed by atoms with Crippen LogP contribution in [-0.4, -0.2) is 29.2 Å². The third kappa shape index (κ3) is 3.52. The molecule has 0 aromatic rings. The highest BCUT2D eigenvalue weighted by atomic mass is 35.5. The topological polar surface area (TPSA) is 15.3 Å². The Bertz CT molecular complexity index is 363. The molecule has 4 rings (SSSR count). The van der Waals surface area contributed by atoms with Crippen LogP contribution < -0.4 is 5.32 Å². The molecule has 4 fully saturated rings. The summed E-state index contributed by atoms with van der Waals surface area (Å²) in [5.41, 5.74) is 0.475. The van der Waals surface area contributed by atoms with Crippen LogP contribution in [-0.2, 0) is 0 Å². The van der Waals surface area contributed by atoms with E-state index in [9.17, 15) is 0 Å². The molecule has 2 nitrogen and oxygen atoms in total. The van der Waals surface area contributed by atoms with E-state index < -0.39 is 0 Å². The zero-order chi connectivity index (χ0) is 17.1. The third-order valence-corrected chi connectivity index (χ3v) is 8.60. The standard InChI is InChI=1S/C22H39ClN2/c23-21-24-16-17-25(21)22(18-10-4-1-5-11-18,19-12-6-2-7-13-19)20-14-8-3-9-15-20/h18-21,24H,1-17H2. The van der Waals surface area contributed by atoms with Gasteiger partial charge >= 0.3 is 0 Å². The molecule has 1 aliphatic heterocycles. The maximum absolute atomic E-state index is 6.93. The summed E-state index contributed by atoms with van der Waals surface area (Å²) >= 11 is 6.93. The van der Waals surface area contributed by atoms with Crippen molar-refractivity contribution in [3.05, 3.63) is 0 Å². The Kier molecular flexibility index (Phi) is 6.30. The summed E-state index contributed by atoms with van der Waals surface area (Å²) < 4.78 is 0. The quantitative estimate of drug-likeness (QED) is 0.492. The fraction of sp³-hybridized carbons (Fsp3) is 1.00. The maximum Gasteiger partial charge on any atom is 0.138 e. The first-order valence-corrected chi connectivity index (χ1v) is 11.9. The molecule has 1 saturated heterocycles. The summed E-state index contributed by atoms with van der Waals surface area (Å²) in [7, 11) is 0. The van der Waals surface area contributed by atoms with Crippen molar-refractivity contribution >= 4 is 11.6 Å². The van der Waals surface area contributed by atoms with Gasteiger partial charge < -0.3 is 0 Å². The number of hydrogen-bond acceptors (Lipinski definition) is 2. The van der Waals surface area contributed by atoms with Gasteiger partial charge in [0.25, 0.3) is 0 Å². The van der Waals surface area contributed by atoms with Crippen molar-refractivity contribution in [3.63, 3.8) is 0 Å². The first-order valence-electron chi connectivity index (χ1n) is 11.5. The minimum atomic E-state index is 0.0748. The molecule has 0 aromatic heterocycles. The van der Waals surface area contributed by atoms with Crippen LogP contribution in [0.25, 0.3) is 0 Å². The number of rotatable bonds is 4. The second kappa shape index (κ2) is 8.48. The Hall–Kier alpha value is 0.210. The van der Waals surface area contributed by atoms with E-state index >= 15 is 0 Å². The molecule has 0 spiro atoms. The molecule has 1 unspecified atom stereocenters. The summed E-state index contributed by atoms with van der Waals surface area (Å²) in [6.07, 6.45) is 21.9. The Morgan fingerprint density at radius 1 is 0.640 bits per heavy atom. The molecule has 3 heteroatoms. The van der Waals surface area contributed by atoms with Crippen LogP contribution in [0.5, 0.6) is 0 Å². The summed E-state index contributed by atoms with van der Waals surface area (Å²) in [5.74, 6) is 2.69.